The second kappa shape index (κ2) is 7.45. The summed E-state index contributed by atoms with van der Waals surface area (Å²) in [5, 5.41) is 13.7. The molecular weight excluding hydrogens is 407 g/mol. The van der Waals surface area contributed by atoms with Crippen LogP contribution in [0.1, 0.15) is 27.0 Å². The molecule has 0 saturated heterocycles. The van der Waals surface area contributed by atoms with Crippen LogP contribution in [0.25, 0.3) is 0 Å². The van der Waals surface area contributed by atoms with Gasteiger partial charge in [-0.1, -0.05) is 0 Å². The Balaban J connectivity index is 2.10. The van der Waals surface area contributed by atoms with E-state index in [1.807, 2.05) is 19.9 Å². The smallest absolute Gasteiger partial charge is 0.271 e. The lowest BCUT2D eigenvalue weighted by Gasteiger charge is -2.06. The first-order valence-corrected chi connectivity index (χ1v) is 7.97. The number of hydrogen-bond donors (Lipinski definition) is 2. The Kier molecular flexibility index (Phi) is 5.59. The van der Waals surface area contributed by atoms with E-state index in [1.54, 1.807) is 37.6 Å². The second-order valence-corrected chi connectivity index (χ2v) is 6.21. The van der Waals surface area contributed by atoms with Gasteiger partial charge in [0.1, 0.15) is 11.5 Å². The van der Waals surface area contributed by atoms with Crippen LogP contribution in [0.4, 0.5) is 0 Å². The number of ether oxygens (including phenoxy) is 1. The van der Waals surface area contributed by atoms with E-state index in [0.717, 1.165) is 20.3 Å². The number of benzene rings is 2. The maximum Gasteiger partial charge on any atom is 0.271 e. The molecule has 2 rings (SSSR count). The van der Waals surface area contributed by atoms with Gasteiger partial charge in [0, 0.05) is 5.56 Å². The molecule has 5 nitrogen and oxygen atoms in total. The van der Waals surface area contributed by atoms with Gasteiger partial charge in [0.05, 0.1) is 16.9 Å². The number of nitrogens with one attached hydrogen (secondary N) is 1. The number of amides is 1. The molecule has 0 bridgehead atoms. The summed E-state index contributed by atoms with van der Waals surface area (Å²) in [5.41, 5.74) is 5.28. The normalized spacial score (nSPS) is 10.8. The van der Waals surface area contributed by atoms with Gasteiger partial charge in [-0.2, -0.15) is 5.10 Å². The molecule has 0 aromatic heterocycles. The fraction of sp³-hybridized carbons (Fsp3) is 0.176. The van der Waals surface area contributed by atoms with Gasteiger partial charge in [-0.3, -0.25) is 4.79 Å². The van der Waals surface area contributed by atoms with Gasteiger partial charge in [0.25, 0.3) is 5.91 Å². The summed E-state index contributed by atoms with van der Waals surface area (Å²) in [6.07, 6.45) is 1.54. The third-order valence-corrected chi connectivity index (χ3v) is 4.20. The van der Waals surface area contributed by atoms with Crippen LogP contribution in [0, 0.1) is 17.4 Å². The SMILES string of the molecule is COc1cc(C(=O)N/N=C/c2cc(C)c(O)c(C)c2)ccc1I. The number of hydrogen-bond acceptors (Lipinski definition) is 4. The maximum absolute atomic E-state index is 12.1. The second-order valence-electron chi connectivity index (χ2n) is 5.05. The molecule has 6 heteroatoms. The van der Waals surface area contributed by atoms with E-state index in [2.05, 4.69) is 33.1 Å². The summed E-state index contributed by atoms with van der Waals surface area (Å²) >= 11 is 2.14. The van der Waals surface area contributed by atoms with E-state index in [-0.39, 0.29) is 11.7 Å². The molecule has 0 saturated carbocycles. The summed E-state index contributed by atoms with van der Waals surface area (Å²) in [6.45, 7) is 3.63. The van der Waals surface area contributed by atoms with Crippen LogP contribution in [-0.2, 0) is 0 Å². The molecule has 120 valence electrons. The Bertz CT molecular complexity index is 749. The molecule has 0 aliphatic heterocycles. The lowest BCUT2D eigenvalue weighted by atomic mass is 10.1. The Labute approximate surface area is 148 Å². The van der Waals surface area contributed by atoms with Crippen molar-refractivity contribution in [1.29, 1.82) is 0 Å². The predicted molar refractivity (Wildman–Crippen MR) is 98.4 cm³/mol. The number of aromatic hydroxyl groups is 1. The summed E-state index contributed by atoms with van der Waals surface area (Å²) in [7, 11) is 1.56. The fourth-order valence-electron chi connectivity index (χ4n) is 2.09. The number of phenols is 1. The summed E-state index contributed by atoms with van der Waals surface area (Å²) in [5.74, 6) is 0.604. The number of aryl methyl sites for hydroxylation is 2. The summed E-state index contributed by atoms with van der Waals surface area (Å²) < 4.78 is 6.13. The molecule has 0 unspecified atom stereocenters. The average molecular weight is 424 g/mol. The van der Waals surface area contributed by atoms with Crippen LogP contribution in [0.3, 0.4) is 0 Å². The maximum atomic E-state index is 12.1. The minimum Gasteiger partial charge on any atom is -0.507 e. The first kappa shape index (κ1) is 17.3. The van der Waals surface area contributed by atoms with E-state index < -0.39 is 0 Å². The van der Waals surface area contributed by atoms with Crippen LogP contribution in [-0.4, -0.2) is 24.3 Å². The predicted octanol–water partition coefficient (Wildman–Crippen LogP) is 3.39. The van der Waals surface area contributed by atoms with E-state index in [0.29, 0.717) is 11.3 Å². The number of hydrazone groups is 1. The third kappa shape index (κ3) is 4.22. The van der Waals surface area contributed by atoms with E-state index >= 15 is 0 Å². The molecule has 0 fully saturated rings. The zero-order valence-electron chi connectivity index (χ0n) is 13.1. The van der Waals surface area contributed by atoms with Crippen molar-refractivity contribution in [3.63, 3.8) is 0 Å². The molecule has 0 atom stereocenters. The molecule has 2 N–H and O–H groups in total. The van der Waals surface area contributed by atoms with Gasteiger partial charge >= 0.3 is 0 Å². The van der Waals surface area contributed by atoms with Crippen molar-refractivity contribution < 1.29 is 14.6 Å². The van der Waals surface area contributed by atoms with Gasteiger partial charge < -0.3 is 9.84 Å². The molecule has 2 aromatic carbocycles. The number of carbonyl (C=O) groups is 1. The van der Waals surface area contributed by atoms with Gasteiger partial charge in [-0.05, 0) is 83.5 Å². The van der Waals surface area contributed by atoms with Crippen molar-refractivity contribution in [3.8, 4) is 11.5 Å². The van der Waals surface area contributed by atoms with Crippen LogP contribution in [0.15, 0.2) is 35.4 Å². The van der Waals surface area contributed by atoms with Crippen LogP contribution in [0.2, 0.25) is 0 Å². The first-order valence-electron chi connectivity index (χ1n) is 6.89. The number of rotatable bonds is 4. The lowest BCUT2D eigenvalue weighted by molar-refractivity contribution is 0.0954. The number of nitrogens with zero attached hydrogens (tertiary/aromatic N) is 1. The average Bonchev–Trinajstić information content (AvgIpc) is 2.52. The van der Waals surface area contributed by atoms with Crippen molar-refractivity contribution in [1.82, 2.24) is 5.43 Å². The van der Waals surface area contributed by atoms with E-state index in [1.165, 1.54) is 0 Å². The minimum absolute atomic E-state index is 0.275. The minimum atomic E-state index is -0.317. The molecule has 2 aromatic rings. The van der Waals surface area contributed by atoms with Gasteiger partial charge in [-0.25, -0.2) is 5.43 Å². The van der Waals surface area contributed by atoms with Crippen LogP contribution >= 0.6 is 22.6 Å². The molecule has 0 radical (unpaired) electrons. The molecule has 0 aliphatic rings. The number of methoxy groups -OCH3 is 1. The molecular formula is C17H17IN2O3. The monoisotopic (exact) mass is 424 g/mol. The Hall–Kier alpha value is -2.09. The highest BCUT2D eigenvalue weighted by Gasteiger charge is 2.08. The van der Waals surface area contributed by atoms with Crippen LogP contribution < -0.4 is 10.2 Å². The first-order chi connectivity index (χ1) is 10.9. The Morgan fingerprint density at radius 1 is 1.26 bits per heavy atom. The van der Waals surface area contributed by atoms with Crippen molar-refractivity contribution in [2.45, 2.75) is 13.8 Å². The summed E-state index contributed by atoms with van der Waals surface area (Å²) in [4.78, 5) is 12.1. The zero-order valence-corrected chi connectivity index (χ0v) is 15.2. The number of halogens is 1. The van der Waals surface area contributed by atoms with Crippen molar-refractivity contribution in [3.05, 3.63) is 56.2 Å². The Morgan fingerprint density at radius 2 is 1.91 bits per heavy atom. The highest BCUT2D eigenvalue weighted by atomic mass is 127. The van der Waals surface area contributed by atoms with Crippen LogP contribution in [0.5, 0.6) is 11.5 Å². The van der Waals surface area contributed by atoms with Crippen molar-refractivity contribution in [2.75, 3.05) is 7.11 Å². The largest absolute Gasteiger partial charge is 0.507 e. The highest BCUT2D eigenvalue weighted by Crippen LogP contribution is 2.22. The Morgan fingerprint density at radius 3 is 2.52 bits per heavy atom. The quantitative estimate of drug-likeness (QED) is 0.449. The molecule has 0 spiro atoms. The highest BCUT2D eigenvalue weighted by molar-refractivity contribution is 14.1. The van der Waals surface area contributed by atoms with Gasteiger partial charge in [0.15, 0.2) is 0 Å². The van der Waals surface area contributed by atoms with Gasteiger partial charge in [-0.15, -0.1) is 0 Å². The van der Waals surface area contributed by atoms with Gasteiger partial charge in [0.2, 0.25) is 0 Å². The lowest BCUT2D eigenvalue weighted by Crippen LogP contribution is -2.17. The molecule has 23 heavy (non-hydrogen) atoms. The zero-order chi connectivity index (χ0) is 17.0. The molecule has 0 heterocycles. The van der Waals surface area contributed by atoms with Crippen molar-refractivity contribution >= 4 is 34.7 Å². The fourth-order valence-corrected chi connectivity index (χ4v) is 2.65. The van der Waals surface area contributed by atoms with Crippen molar-refractivity contribution in [2.24, 2.45) is 5.10 Å². The number of phenolic OH excluding ortho intramolecular Hbond substituents is 1. The summed E-state index contributed by atoms with van der Waals surface area (Å²) in [6, 6.07) is 8.79. The standard InChI is InChI=1S/C17H17IN2O3/c1-10-6-12(7-11(2)16(10)21)9-19-20-17(22)13-4-5-14(18)15(8-13)23-3/h4-9,21H,1-3H3,(H,20,22)/b19-9+. The van der Waals surface area contributed by atoms with E-state index in [4.69, 9.17) is 4.74 Å². The topological polar surface area (TPSA) is 70.9 Å². The third-order valence-electron chi connectivity index (χ3n) is 3.31. The molecule has 1 amide bonds. The van der Waals surface area contributed by atoms with E-state index in [9.17, 15) is 9.90 Å². The molecule has 0 aliphatic carbocycles. The number of carbonyl (C=O) groups excluding carboxylic acids is 1.